The summed E-state index contributed by atoms with van der Waals surface area (Å²) in [5.74, 6) is 0.711. The van der Waals surface area contributed by atoms with Gasteiger partial charge in [-0.25, -0.2) is 0 Å². The molecule has 74 valence electrons. The smallest absolute Gasteiger partial charge is 0.00201 e. The molecule has 0 saturated carbocycles. The summed E-state index contributed by atoms with van der Waals surface area (Å²) in [6.45, 7) is 6.07. The molecule has 1 aliphatic heterocycles. The summed E-state index contributed by atoms with van der Waals surface area (Å²) in [6.07, 6.45) is 4.51. The Morgan fingerprint density at radius 3 is 2.64 bits per heavy atom. The monoisotopic (exact) mass is 187 g/mol. The summed E-state index contributed by atoms with van der Waals surface area (Å²) in [7, 11) is 0. The lowest BCUT2D eigenvalue weighted by Gasteiger charge is -2.23. The summed E-state index contributed by atoms with van der Waals surface area (Å²) < 4.78 is 0. The van der Waals surface area contributed by atoms with Gasteiger partial charge >= 0.3 is 0 Å². The lowest BCUT2D eigenvalue weighted by atomic mass is 9.91. The molecule has 14 heavy (non-hydrogen) atoms. The molecule has 1 aliphatic rings. The molecule has 0 spiro atoms. The minimum Gasteiger partial charge on any atom is -0.316 e. The van der Waals surface area contributed by atoms with Crippen LogP contribution in [-0.4, -0.2) is 13.1 Å². The average Bonchev–Trinajstić information content (AvgIpc) is 2.30. The molecule has 1 heterocycles. The first-order valence-corrected chi connectivity index (χ1v) is 5.33. The average molecular weight is 187 g/mol. The third kappa shape index (κ3) is 2.05. The van der Waals surface area contributed by atoms with Gasteiger partial charge in [-0.3, -0.25) is 0 Å². The molecule has 0 unspecified atom stereocenters. The van der Waals surface area contributed by atoms with Crippen LogP contribution in [0.4, 0.5) is 0 Å². The second-order valence-corrected chi connectivity index (χ2v) is 3.91. The maximum atomic E-state index is 3.76. The molecule has 0 radical (unpaired) electrons. The molecule has 2 rings (SSSR count). The Balaban J connectivity index is 2.11. The molecule has 1 nitrogen and oxygen atoms in total. The summed E-state index contributed by atoms with van der Waals surface area (Å²) in [4.78, 5) is 0. The van der Waals surface area contributed by atoms with Crippen molar-refractivity contribution < 1.29 is 0 Å². The van der Waals surface area contributed by atoms with Crippen LogP contribution in [0, 0.1) is 0 Å². The van der Waals surface area contributed by atoms with Crippen LogP contribution in [0.3, 0.4) is 0 Å². The third-order valence-corrected chi connectivity index (χ3v) is 2.94. The Hall–Kier alpha value is -1.08. The van der Waals surface area contributed by atoms with E-state index < -0.39 is 0 Å². The van der Waals surface area contributed by atoms with Crippen molar-refractivity contribution in [3.8, 4) is 0 Å². The van der Waals surface area contributed by atoms with Crippen LogP contribution in [-0.2, 0) is 0 Å². The van der Waals surface area contributed by atoms with Gasteiger partial charge in [0.2, 0.25) is 0 Å². The van der Waals surface area contributed by atoms with Gasteiger partial charge in [0.05, 0.1) is 0 Å². The van der Waals surface area contributed by atoms with Crippen molar-refractivity contribution in [2.24, 2.45) is 0 Å². The van der Waals surface area contributed by atoms with E-state index in [0.717, 1.165) is 6.54 Å². The molecule has 1 atom stereocenters. The number of hydrogen-bond acceptors (Lipinski definition) is 1. The zero-order valence-corrected chi connectivity index (χ0v) is 8.50. The Bertz CT molecular complexity index is 294. The number of piperidine rings is 1. The van der Waals surface area contributed by atoms with E-state index in [1.54, 1.807) is 0 Å². The van der Waals surface area contributed by atoms with Crippen molar-refractivity contribution in [3.63, 3.8) is 0 Å². The fraction of sp³-hybridized carbons (Fsp3) is 0.385. The Kier molecular flexibility index (Phi) is 3.00. The van der Waals surface area contributed by atoms with Crippen LogP contribution in [0.25, 0.3) is 6.08 Å². The quantitative estimate of drug-likeness (QED) is 0.750. The summed E-state index contributed by atoms with van der Waals surface area (Å²) in [5, 5.41) is 3.44. The van der Waals surface area contributed by atoms with Crippen molar-refractivity contribution in [2.45, 2.75) is 18.8 Å². The van der Waals surface area contributed by atoms with Crippen LogP contribution in [0.5, 0.6) is 0 Å². The van der Waals surface area contributed by atoms with E-state index in [1.165, 1.54) is 30.5 Å². The zero-order chi connectivity index (χ0) is 9.80. The van der Waals surface area contributed by atoms with Gasteiger partial charge in [0.1, 0.15) is 0 Å². The van der Waals surface area contributed by atoms with Crippen LogP contribution in [0.2, 0.25) is 0 Å². The fourth-order valence-corrected chi connectivity index (χ4v) is 2.04. The van der Waals surface area contributed by atoms with Gasteiger partial charge in [-0.15, -0.1) is 0 Å². The lowest BCUT2D eigenvalue weighted by molar-refractivity contribution is 0.461. The molecule has 0 bridgehead atoms. The molecule has 1 N–H and O–H groups in total. The lowest BCUT2D eigenvalue weighted by Crippen LogP contribution is -2.28. The second kappa shape index (κ2) is 4.43. The van der Waals surface area contributed by atoms with Gasteiger partial charge in [-0.2, -0.15) is 0 Å². The molecule has 1 aromatic rings. The van der Waals surface area contributed by atoms with Crippen molar-refractivity contribution in [1.82, 2.24) is 5.32 Å². The summed E-state index contributed by atoms with van der Waals surface area (Å²) in [5.41, 5.74) is 2.67. The third-order valence-electron chi connectivity index (χ3n) is 2.94. The zero-order valence-electron chi connectivity index (χ0n) is 8.50. The second-order valence-electron chi connectivity index (χ2n) is 3.91. The molecular weight excluding hydrogens is 170 g/mol. The standard InChI is InChI=1S/C13H17N/c1-2-11-5-7-12(8-6-11)13-4-3-9-14-10-13/h2,5-8,13-14H,1,3-4,9-10H2/t13-/m0/s1. The molecule has 0 amide bonds. The van der Waals surface area contributed by atoms with Gasteiger partial charge in [-0.1, -0.05) is 36.9 Å². The van der Waals surface area contributed by atoms with E-state index in [1.807, 2.05) is 6.08 Å². The van der Waals surface area contributed by atoms with Gasteiger partial charge < -0.3 is 5.32 Å². The molecule has 0 aromatic heterocycles. The maximum Gasteiger partial charge on any atom is 0.00201 e. The van der Waals surface area contributed by atoms with E-state index in [2.05, 4.69) is 36.2 Å². The van der Waals surface area contributed by atoms with Crippen LogP contribution in [0.15, 0.2) is 30.8 Å². The van der Waals surface area contributed by atoms with Crippen molar-refractivity contribution in [3.05, 3.63) is 42.0 Å². The van der Waals surface area contributed by atoms with E-state index in [-0.39, 0.29) is 0 Å². The number of benzene rings is 1. The molecule has 1 aromatic carbocycles. The number of rotatable bonds is 2. The molecule has 1 heteroatoms. The van der Waals surface area contributed by atoms with Gasteiger partial charge in [0, 0.05) is 6.54 Å². The largest absolute Gasteiger partial charge is 0.316 e. The van der Waals surface area contributed by atoms with Gasteiger partial charge in [0.25, 0.3) is 0 Å². The van der Waals surface area contributed by atoms with E-state index in [9.17, 15) is 0 Å². The summed E-state index contributed by atoms with van der Waals surface area (Å²) in [6, 6.07) is 8.76. The highest BCUT2D eigenvalue weighted by Crippen LogP contribution is 2.23. The number of nitrogens with one attached hydrogen (secondary N) is 1. The van der Waals surface area contributed by atoms with Crippen LogP contribution in [0.1, 0.15) is 29.9 Å². The maximum absolute atomic E-state index is 3.76. The fourth-order valence-electron chi connectivity index (χ4n) is 2.04. The van der Waals surface area contributed by atoms with E-state index in [4.69, 9.17) is 0 Å². The van der Waals surface area contributed by atoms with Gasteiger partial charge in [-0.05, 0) is 36.4 Å². The first kappa shape index (κ1) is 9.47. The van der Waals surface area contributed by atoms with Gasteiger partial charge in [0.15, 0.2) is 0 Å². The SMILES string of the molecule is C=Cc1ccc([C@H]2CCCNC2)cc1. The summed E-state index contributed by atoms with van der Waals surface area (Å²) >= 11 is 0. The van der Waals surface area contributed by atoms with Crippen molar-refractivity contribution >= 4 is 6.08 Å². The number of hydrogen-bond donors (Lipinski definition) is 1. The predicted molar refractivity (Wildman–Crippen MR) is 61.4 cm³/mol. The predicted octanol–water partition coefficient (Wildman–Crippen LogP) is 2.80. The molecular formula is C13H17N. The van der Waals surface area contributed by atoms with E-state index >= 15 is 0 Å². The highest BCUT2D eigenvalue weighted by Gasteiger charge is 2.14. The molecule has 0 aliphatic carbocycles. The van der Waals surface area contributed by atoms with E-state index in [0.29, 0.717) is 5.92 Å². The Morgan fingerprint density at radius 1 is 1.29 bits per heavy atom. The normalized spacial score (nSPS) is 21.9. The first-order chi connectivity index (χ1) is 6.90. The minimum absolute atomic E-state index is 0.711. The Morgan fingerprint density at radius 2 is 2.07 bits per heavy atom. The minimum atomic E-state index is 0.711. The van der Waals surface area contributed by atoms with Crippen LogP contribution >= 0.6 is 0 Å². The highest BCUT2D eigenvalue weighted by molar-refractivity contribution is 5.47. The highest BCUT2D eigenvalue weighted by atomic mass is 14.9. The van der Waals surface area contributed by atoms with Crippen molar-refractivity contribution in [2.75, 3.05) is 13.1 Å². The first-order valence-electron chi connectivity index (χ1n) is 5.33. The molecule has 1 fully saturated rings. The van der Waals surface area contributed by atoms with Crippen molar-refractivity contribution in [1.29, 1.82) is 0 Å². The molecule has 1 saturated heterocycles. The topological polar surface area (TPSA) is 12.0 Å². The Labute approximate surface area is 85.8 Å². The van der Waals surface area contributed by atoms with Crippen LogP contribution < -0.4 is 5.32 Å².